The Kier molecular flexibility index (Phi) is 7.65. The van der Waals surface area contributed by atoms with Crippen molar-refractivity contribution in [1.82, 2.24) is 20.6 Å². The summed E-state index contributed by atoms with van der Waals surface area (Å²) >= 11 is 0. The van der Waals surface area contributed by atoms with E-state index in [9.17, 15) is 14.0 Å². The average molecular weight is 446 g/mol. The van der Waals surface area contributed by atoms with Gasteiger partial charge in [-0.2, -0.15) is 5.26 Å². The molecule has 0 spiro atoms. The fraction of sp³-hybridized carbons (Fsp3) is 0.208. The molecule has 0 unspecified atom stereocenters. The highest BCUT2D eigenvalue weighted by atomic mass is 19.1. The number of amides is 2. The molecule has 1 saturated carbocycles. The standard InChI is InChI=1S/C24H23FN6O2/c1-2-5-17(6-4-11-29-21-18(12-26)7-3-8-20(21)25)13-30-23(33)24(9-10-24)31-22(32)19-14-27-16-28-15-19/h2-8,14-16,29H,1,9-11,13H2,(H,30,33)(H,31,32)/b6-4-,17-5+. The second-order valence-corrected chi connectivity index (χ2v) is 7.38. The number of para-hydroxylation sites is 1. The van der Waals surface area contributed by atoms with Gasteiger partial charge in [0.2, 0.25) is 5.91 Å². The molecule has 3 rings (SSSR count). The highest BCUT2D eigenvalue weighted by molar-refractivity contribution is 6.00. The van der Waals surface area contributed by atoms with Crippen molar-refractivity contribution in [3.63, 3.8) is 0 Å². The fourth-order valence-electron chi connectivity index (χ4n) is 3.08. The molecule has 1 fully saturated rings. The highest BCUT2D eigenvalue weighted by Crippen LogP contribution is 2.35. The van der Waals surface area contributed by atoms with Gasteiger partial charge in [0.1, 0.15) is 23.8 Å². The number of allylic oxidation sites excluding steroid dienone is 2. The molecule has 2 amide bonds. The molecule has 1 aliphatic carbocycles. The van der Waals surface area contributed by atoms with Crippen molar-refractivity contribution >= 4 is 17.5 Å². The lowest BCUT2D eigenvalue weighted by molar-refractivity contribution is -0.123. The lowest BCUT2D eigenvalue weighted by Crippen LogP contribution is -2.49. The molecule has 2 aromatic rings. The fourth-order valence-corrected chi connectivity index (χ4v) is 3.08. The van der Waals surface area contributed by atoms with Crippen LogP contribution in [0.25, 0.3) is 0 Å². The summed E-state index contributed by atoms with van der Waals surface area (Å²) in [6.45, 7) is 4.17. The molecule has 1 heterocycles. The summed E-state index contributed by atoms with van der Waals surface area (Å²) < 4.78 is 13.9. The van der Waals surface area contributed by atoms with Crippen molar-refractivity contribution in [2.24, 2.45) is 0 Å². The van der Waals surface area contributed by atoms with Crippen molar-refractivity contribution in [3.05, 3.63) is 90.3 Å². The Hall–Kier alpha value is -4.32. The van der Waals surface area contributed by atoms with Crippen LogP contribution in [0.1, 0.15) is 28.8 Å². The number of benzene rings is 1. The Labute approximate surface area is 190 Å². The summed E-state index contributed by atoms with van der Waals surface area (Å²) in [6, 6.07) is 6.24. The number of carbonyl (C=O) groups is 2. The summed E-state index contributed by atoms with van der Waals surface area (Å²) in [5.41, 5.74) is 0.468. The molecule has 0 bridgehead atoms. The average Bonchev–Trinajstić information content (AvgIpc) is 3.61. The summed E-state index contributed by atoms with van der Waals surface area (Å²) in [6.07, 6.45) is 12.0. The van der Waals surface area contributed by atoms with Crippen molar-refractivity contribution in [1.29, 1.82) is 5.26 Å². The van der Waals surface area contributed by atoms with Gasteiger partial charge in [0, 0.05) is 25.5 Å². The third-order valence-electron chi connectivity index (χ3n) is 5.01. The minimum absolute atomic E-state index is 0.141. The van der Waals surface area contributed by atoms with Crippen molar-refractivity contribution in [3.8, 4) is 6.07 Å². The smallest absolute Gasteiger partial charge is 0.255 e. The largest absolute Gasteiger partial charge is 0.378 e. The number of anilines is 1. The Morgan fingerprint density at radius 3 is 2.70 bits per heavy atom. The zero-order valence-corrected chi connectivity index (χ0v) is 17.8. The van der Waals surface area contributed by atoms with Crippen LogP contribution >= 0.6 is 0 Å². The van der Waals surface area contributed by atoms with Crippen LogP contribution in [0.4, 0.5) is 10.1 Å². The zero-order chi connectivity index (χ0) is 23.7. The number of halogens is 1. The van der Waals surface area contributed by atoms with Gasteiger partial charge in [-0.3, -0.25) is 9.59 Å². The van der Waals surface area contributed by atoms with Gasteiger partial charge in [0.05, 0.1) is 16.8 Å². The number of nitriles is 1. The van der Waals surface area contributed by atoms with E-state index in [-0.39, 0.29) is 35.8 Å². The number of rotatable bonds is 10. The van der Waals surface area contributed by atoms with Crippen LogP contribution < -0.4 is 16.0 Å². The summed E-state index contributed by atoms with van der Waals surface area (Å²) in [7, 11) is 0. The van der Waals surface area contributed by atoms with Crippen LogP contribution in [0, 0.1) is 17.1 Å². The third kappa shape index (κ3) is 6.11. The molecule has 33 heavy (non-hydrogen) atoms. The topological polar surface area (TPSA) is 120 Å². The zero-order valence-electron chi connectivity index (χ0n) is 17.8. The SMILES string of the molecule is C=C/C=C(\C=C/CNc1c(F)cccc1C#N)CNC(=O)C1(NC(=O)c2cncnc2)CC1. The molecule has 3 N–H and O–H groups in total. The van der Waals surface area contributed by atoms with E-state index in [0.29, 0.717) is 12.8 Å². The predicted molar refractivity (Wildman–Crippen MR) is 121 cm³/mol. The van der Waals surface area contributed by atoms with Gasteiger partial charge in [-0.15, -0.1) is 0 Å². The molecule has 1 aromatic carbocycles. The van der Waals surface area contributed by atoms with E-state index < -0.39 is 17.3 Å². The lowest BCUT2D eigenvalue weighted by atomic mass is 10.1. The van der Waals surface area contributed by atoms with Gasteiger partial charge < -0.3 is 16.0 Å². The molecular weight excluding hydrogens is 423 g/mol. The quantitative estimate of drug-likeness (QED) is 0.483. The Morgan fingerprint density at radius 1 is 1.27 bits per heavy atom. The van der Waals surface area contributed by atoms with Gasteiger partial charge in [-0.25, -0.2) is 14.4 Å². The van der Waals surface area contributed by atoms with Gasteiger partial charge in [-0.1, -0.05) is 36.9 Å². The van der Waals surface area contributed by atoms with Gasteiger partial charge in [0.15, 0.2) is 0 Å². The molecule has 168 valence electrons. The number of carbonyl (C=O) groups excluding carboxylic acids is 2. The molecule has 1 aromatic heterocycles. The van der Waals surface area contributed by atoms with E-state index in [1.165, 1.54) is 36.9 Å². The van der Waals surface area contributed by atoms with E-state index >= 15 is 0 Å². The number of hydrogen-bond acceptors (Lipinski definition) is 6. The normalized spacial score (nSPS) is 14.2. The Balaban J connectivity index is 1.53. The predicted octanol–water partition coefficient (Wildman–Crippen LogP) is 2.65. The number of nitrogens with zero attached hydrogens (tertiary/aromatic N) is 3. The maximum absolute atomic E-state index is 13.9. The van der Waals surface area contributed by atoms with Gasteiger partial charge in [-0.05, 0) is 30.5 Å². The van der Waals surface area contributed by atoms with Crippen LogP contribution in [0.5, 0.6) is 0 Å². The Morgan fingerprint density at radius 2 is 2.03 bits per heavy atom. The van der Waals surface area contributed by atoms with Gasteiger partial charge in [0.25, 0.3) is 5.91 Å². The molecule has 8 nitrogen and oxygen atoms in total. The summed E-state index contributed by atoms with van der Waals surface area (Å²) in [5.74, 6) is -1.18. The van der Waals surface area contributed by atoms with Crippen LogP contribution in [0.15, 0.2) is 73.4 Å². The second-order valence-electron chi connectivity index (χ2n) is 7.38. The van der Waals surface area contributed by atoms with Crippen molar-refractivity contribution in [2.45, 2.75) is 18.4 Å². The minimum Gasteiger partial charge on any atom is -0.378 e. The van der Waals surface area contributed by atoms with E-state index in [1.54, 1.807) is 24.3 Å². The first kappa shape index (κ1) is 23.3. The second kappa shape index (κ2) is 10.8. The minimum atomic E-state index is -0.935. The summed E-state index contributed by atoms with van der Waals surface area (Å²) in [4.78, 5) is 32.7. The van der Waals surface area contributed by atoms with E-state index in [0.717, 1.165) is 5.57 Å². The van der Waals surface area contributed by atoms with E-state index in [1.807, 2.05) is 6.07 Å². The third-order valence-corrected chi connectivity index (χ3v) is 5.01. The number of aromatic nitrogens is 2. The number of nitrogens with one attached hydrogen (secondary N) is 3. The molecule has 0 atom stereocenters. The highest BCUT2D eigenvalue weighted by Gasteiger charge is 2.51. The maximum Gasteiger partial charge on any atom is 0.255 e. The van der Waals surface area contributed by atoms with Crippen molar-refractivity contribution in [2.75, 3.05) is 18.4 Å². The van der Waals surface area contributed by atoms with E-state index in [4.69, 9.17) is 5.26 Å². The van der Waals surface area contributed by atoms with Crippen LogP contribution in [0.2, 0.25) is 0 Å². The molecular formula is C24H23FN6O2. The molecule has 0 saturated heterocycles. The van der Waals surface area contributed by atoms with Crippen LogP contribution in [-0.4, -0.2) is 40.4 Å². The maximum atomic E-state index is 13.9. The first-order chi connectivity index (χ1) is 16.0. The molecule has 0 radical (unpaired) electrons. The first-order valence-electron chi connectivity index (χ1n) is 10.3. The van der Waals surface area contributed by atoms with Crippen molar-refractivity contribution < 1.29 is 14.0 Å². The molecule has 0 aliphatic heterocycles. The van der Waals surface area contributed by atoms with Crippen LogP contribution in [0.3, 0.4) is 0 Å². The molecule has 1 aliphatic rings. The van der Waals surface area contributed by atoms with Crippen LogP contribution in [-0.2, 0) is 4.79 Å². The van der Waals surface area contributed by atoms with E-state index in [2.05, 4.69) is 32.5 Å². The molecule has 9 heteroatoms. The summed E-state index contributed by atoms with van der Waals surface area (Å²) in [5, 5.41) is 17.6. The van der Waals surface area contributed by atoms with Gasteiger partial charge >= 0.3 is 0 Å². The monoisotopic (exact) mass is 446 g/mol. The Bertz CT molecular complexity index is 1130. The lowest BCUT2D eigenvalue weighted by Gasteiger charge is -2.17. The first-order valence-corrected chi connectivity index (χ1v) is 10.3. The number of hydrogen-bond donors (Lipinski definition) is 3.